The Morgan fingerprint density at radius 2 is 2.33 bits per heavy atom. The number of rotatable bonds is 3. The molecule has 10 heteroatoms. The molecule has 0 spiro atoms. The van der Waals surface area contributed by atoms with Gasteiger partial charge >= 0.3 is 0 Å². The zero-order valence-electron chi connectivity index (χ0n) is 14.0. The molecular formula is C14H22IN7O2. The molecule has 1 aliphatic heterocycles. The first kappa shape index (κ1) is 18.6. The first-order chi connectivity index (χ1) is 11.2. The summed E-state index contributed by atoms with van der Waals surface area (Å²) in [6, 6.07) is 0. The predicted molar refractivity (Wildman–Crippen MR) is 98.1 cm³/mol. The lowest BCUT2D eigenvalue weighted by atomic mass is 10.1. The van der Waals surface area contributed by atoms with E-state index in [1.807, 2.05) is 19.4 Å². The van der Waals surface area contributed by atoms with Gasteiger partial charge < -0.3 is 19.5 Å². The number of hydrogen-bond donors (Lipinski definition) is 1. The van der Waals surface area contributed by atoms with Gasteiger partial charge in [0, 0.05) is 39.3 Å². The molecule has 0 bridgehead atoms. The third-order valence-electron chi connectivity index (χ3n) is 3.65. The van der Waals surface area contributed by atoms with E-state index in [-0.39, 0.29) is 30.1 Å². The maximum atomic E-state index is 5.85. The third-order valence-corrected chi connectivity index (χ3v) is 3.65. The van der Waals surface area contributed by atoms with Gasteiger partial charge in [-0.25, -0.2) is 0 Å². The van der Waals surface area contributed by atoms with Gasteiger partial charge in [-0.15, -0.1) is 24.0 Å². The molecule has 3 heterocycles. The van der Waals surface area contributed by atoms with E-state index in [0.29, 0.717) is 24.9 Å². The summed E-state index contributed by atoms with van der Waals surface area (Å²) < 4.78 is 12.6. The van der Waals surface area contributed by atoms with Gasteiger partial charge in [-0.3, -0.25) is 9.67 Å². The number of ether oxygens (including phenoxy) is 1. The van der Waals surface area contributed by atoms with Crippen LogP contribution in [0.3, 0.4) is 0 Å². The fraction of sp³-hybridized carbons (Fsp3) is 0.571. The first-order valence-corrected chi connectivity index (χ1v) is 7.50. The van der Waals surface area contributed by atoms with E-state index >= 15 is 0 Å². The molecule has 1 aliphatic rings. The van der Waals surface area contributed by atoms with Gasteiger partial charge in [0.05, 0.1) is 25.9 Å². The van der Waals surface area contributed by atoms with E-state index in [1.54, 1.807) is 18.7 Å². The number of halogens is 1. The molecular weight excluding hydrogens is 425 g/mol. The Morgan fingerprint density at radius 1 is 1.50 bits per heavy atom. The van der Waals surface area contributed by atoms with Crippen LogP contribution in [0.15, 0.2) is 21.9 Å². The number of aromatic nitrogens is 4. The minimum absolute atomic E-state index is 0. The summed E-state index contributed by atoms with van der Waals surface area (Å²) in [6.07, 6.45) is 3.81. The molecule has 1 saturated heterocycles. The van der Waals surface area contributed by atoms with E-state index < -0.39 is 0 Å². The standard InChI is InChI=1S/C14H21N7O2.HI/c1-10-18-13(19-23-10)7-16-14(15-2)21-4-5-22-12(9-21)11-6-17-20(3)8-11;/h6,8,12H,4-5,7,9H2,1-3H3,(H,15,16);1H. The molecule has 24 heavy (non-hydrogen) atoms. The number of guanidine groups is 1. The first-order valence-electron chi connectivity index (χ1n) is 7.50. The summed E-state index contributed by atoms with van der Waals surface area (Å²) in [7, 11) is 3.66. The van der Waals surface area contributed by atoms with Crippen LogP contribution in [0.5, 0.6) is 0 Å². The van der Waals surface area contributed by atoms with E-state index in [4.69, 9.17) is 9.26 Å². The highest BCUT2D eigenvalue weighted by Gasteiger charge is 2.25. The van der Waals surface area contributed by atoms with Crippen molar-refractivity contribution in [2.24, 2.45) is 12.0 Å². The molecule has 1 atom stereocenters. The monoisotopic (exact) mass is 447 g/mol. The summed E-state index contributed by atoms with van der Waals surface area (Å²) in [4.78, 5) is 10.7. The Balaban J connectivity index is 0.00000208. The number of hydrogen-bond acceptors (Lipinski definition) is 6. The summed E-state index contributed by atoms with van der Waals surface area (Å²) in [5.74, 6) is 1.96. The molecule has 9 nitrogen and oxygen atoms in total. The van der Waals surface area contributed by atoms with Gasteiger partial charge in [-0.1, -0.05) is 5.16 Å². The van der Waals surface area contributed by atoms with Crippen LogP contribution in [0.1, 0.15) is 23.4 Å². The highest BCUT2D eigenvalue weighted by atomic mass is 127. The largest absolute Gasteiger partial charge is 0.370 e. The van der Waals surface area contributed by atoms with Gasteiger partial charge in [0.1, 0.15) is 6.10 Å². The van der Waals surface area contributed by atoms with Crippen molar-refractivity contribution in [3.63, 3.8) is 0 Å². The summed E-state index contributed by atoms with van der Waals surface area (Å²) in [5.41, 5.74) is 1.07. The van der Waals surface area contributed by atoms with E-state index in [9.17, 15) is 0 Å². The Bertz CT molecular complexity index is 684. The van der Waals surface area contributed by atoms with Crippen molar-refractivity contribution in [1.82, 2.24) is 30.1 Å². The maximum Gasteiger partial charge on any atom is 0.223 e. The van der Waals surface area contributed by atoms with Crippen LogP contribution in [-0.2, 0) is 18.3 Å². The normalized spacial score (nSPS) is 18.4. The van der Waals surface area contributed by atoms with Gasteiger partial charge in [-0.2, -0.15) is 10.1 Å². The summed E-state index contributed by atoms with van der Waals surface area (Å²) in [5, 5.41) is 11.3. The van der Waals surface area contributed by atoms with Gasteiger partial charge in [-0.05, 0) is 0 Å². The molecule has 2 aromatic heterocycles. The van der Waals surface area contributed by atoms with Crippen molar-refractivity contribution in [1.29, 1.82) is 0 Å². The SMILES string of the molecule is CN=C(NCc1noc(C)n1)N1CCOC(c2cnn(C)c2)C1.I. The lowest BCUT2D eigenvalue weighted by Gasteiger charge is -2.34. The van der Waals surface area contributed by atoms with Gasteiger partial charge in [0.2, 0.25) is 5.89 Å². The Hall–Kier alpha value is -1.69. The Kier molecular flexibility index (Phi) is 6.54. The highest BCUT2D eigenvalue weighted by Crippen LogP contribution is 2.21. The predicted octanol–water partition coefficient (Wildman–Crippen LogP) is 0.878. The lowest BCUT2D eigenvalue weighted by Crippen LogP contribution is -2.48. The van der Waals surface area contributed by atoms with E-state index in [0.717, 1.165) is 24.6 Å². The molecule has 1 fully saturated rings. The molecule has 132 valence electrons. The fourth-order valence-corrected chi connectivity index (χ4v) is 2.55. The molecule has 0 aromatic carbocycles. The van der Waals surface area contributed by atoms with Crippen molar-refractivity contribution in [2.45, 2.75) is 19.6 Å². The molecule has 0 aliphatic carbocycles. The zero-order chi connectivity index (χ0) is 16.2. The summed E-state index contributed by atoms with van der Waals surface area (Å²) >= 11 is 0. The number of aliphatic imine (C=N–C) groups is 1. The number of nitrogens with one attached hydrogen (secondary N) is 1. The maximum absolute atomic E-state index is 5.85. The molecule has 0 saturated carbocycles. The highest BCUT2D eigenvalue weighted by molar-refractivity contribution is 14.0. The second-order valence-electron chi connectivity index (χ2n) is 5.38. The average molecular weight is 447 g/mol. The van der Waals surface area contributed by atoms with Crippen LogP contribution in [0.4, 0.5) is 0 Å². The van der Waals surface area contributed by atoms with Crippen LogP contribution >= 0.6 is 24.0 Å². The second kappa shape index (κ2) is 8.42. The number of morpholine rings is 1. The lowest BCUT2D eigenvalue weighted by molar-refractivity contribution is -0.00806. The van der Waals surface area contributed by atoms with Crippen LogP contribution in [0, 0.1) is 6.92 Å². The molecule has 1 unspecified atom stereocenters. The van der Waals surface area contributed by atoms with Crippen LogP contribution < -0.4 is 5.32 Å². The van der Waals surface area contributed by atoms with E-state index in [1.165, 1.54) is 0 Å². The van der Waals surface area contributed by atoms with Crippen molar-refractivity contribution in [3.05, 3.63) is 29.7 Å². The van der Waals surface area contributed by atoms with E-state index in [2.05, 4.69) is 30.4 Å². The minimum atomic E-state index is -0.0107. The average Bonchev–Trinajstić information content (AvgIpc) is 3.17. The Morgan fingerprint density at radius 3 is 2.96 bits per heavy atom. The van der Waals surface area contributed by atoms with Gasteiger partial charge in [0.15, 0.2) is 11.8 Å². The summed E-state index contributed by atoms with van der Waals surface area (Å²) in [6.45, 7) is 4.38. The minimum Gasteiger partial charge on any atom is -0.370 e. The van der Waals surface area contributed by atoms with Gasteiger partial charge in [0.25, 0.3) is 0 Å². The molecule has 1 N–H and O–H groups in total. The molecule has 0 amide bonds. The van der Waals surface area contributed by atoms with Crippen LogP contribution in [0.2, 0.25) is 0 Å². The van der Waals surface area contributed by atoms with Crippen molar-refractivity contribution in [3.8, 4) is 0 Å². The topological polar surface area (TPSA) is 93.6 Å². The molecule has 2 aromatic rings. The Labute approximate surface area is 157 Å². The van der Waals surface area contributed by atoms with Crippen LogP contribution in [-0.4, -0.2) is 57.5 Å². The second-order valence-corrected chi connectivity index (χ2v) is 5.38. The molecule has 0 radical (unpaired) electrons. The van der Waals surface area contributed by atoms with Crippen molar-refractivity contribution in [2.75, 3.05) is 26.7 Å². The smallest absolute Gasteiger partial charge is 0.223 e. The number of aryl methyl sites for hydroxylation is 2. The molecule has 3 rings (SSSR count). The quantitative estimate of drug-likeness (QED) is 0.424. The van der Waals surface area contributed by atoms with Crippen molar-refractivity contribution < 1.29 is 9.26 Å². The zero-order valence-corrected chi connectivity index (χ0v) is 16.3. The fourth-order valence-electron chi connectivity index (χ4n) is 2.55. The number of nitrogens with zero attached hydrogens (tertiary/aromatic N) is 6. The van der Waals surface area contributed by atoms with Crippen LogP contribution in [0.25, 0.3) is 0 Å². The van der Waals surface area contributed by atoms with Crippen molar-refractivity contribution >= 4 is 29.9 Å². The third kappa shape index (κ3) is 4.44.